The van der Waals surface area contributed by atoms with Crippen LogP contribution in [-0.4, -0.2) is 0 Å². The molecular formula is C6H4BrClS. The standard InChI is InChI=1S/C6H4BrClS/c7-5-3-1-2-4-6(5)9-8/h1-4H. The molecule has 0 atom stereocenters. The zero-order chi connectivity index (χ0) is 6.69. The van der Waals surface area contributed by atoms with E-state index in [1.807, 2.05) is 24.3 Å². The molecule has 0 saturated carbocycles. The van der Waals surface area contributed by atoms with E-state index in [4.69, 9.17) is 10.7 Å². The van der Waals surface area contributed by atoms with Crippen molar-refractivity contribution in [2.45, 2.75) is 4.90 Å². The average Bonchev–Trinajstić information content (AvgIpc) is 1.89. The first-order chi connectivity index (χ1) is 4.34. The summed E-state index contributed by atoms with van der Waals surface area (Å²) in [6, 6.07) is 7.84. The molecule has 0 aromatic heterocycles. The zero-order valence-corrected chi connectivity index (χ0v) is 7.63. The Hall–Kier alpha value is 0.340. The molecule has 0 fully saturated rings. The van der Waals surface area contributed by atoms with Gasteiger partial charge < -0.3 is 0 Å². The number of benzene rings is 1. The topological polar surface area (TPSA) is 0 Å². The van der Waals surface area contributed by atoms with Crippen LogP contribution in [-0.2, 0) is 0 Å². The maximum absolute atomic E-state index is 5.52. The van der Waals surface area contributed by atoms with Crippen molar-refractivity contribution >= 4 is 37.6 Å². The van der Waals surface area contributed by atoms with Gasteiger partial charge in [-0.1, -0.05) is 12.1 Å². The van der Waals surface area contributed by atoms with Crippen LogP contribution in [0.1, 0.15) is 0 Å². The minimum Gasteiger partial charge on any atom is -0.0611 e. The highest BCUT2D eigenvalue weighted by Crippen LogP contribution is 2.29. The summed E-state index contributed by atoms with van der Waals surface area (Å²) in [5.41, 5.74) is 0. The molecule has 1 rings (SSSR count). The van der Waals surface area contributed by atoms with Crippen LogP contribution in [0.4, 0.5) is 0 Å². The van der Waals surface area contributed by atoms with Gasteiger partial charge in [0.25, 0.3) is 0 Å². The Bertz CT molecular complexity index is 202. The molecule has 1 aromatic rings. The predicted molar refractivity (Wildman–Crippen MR) is 45.9 cm³/mol. The fraction of sp³-hybridized carbons (Fsp3) is 0. The Morgan fingerprint density at radius 1 is 1.33 bits per heavy atom. The normalized spacial score (nSPS) is 9.56. The number of hydrogen-bond donors (Lipinski definition) is 0. The van der Waals surface area contributed by atoms with E-state index in [0.29, 0.717) is 0 Å². The fourth-order valence-corrected chi connectivity index (χ4v) is 1.99. The third kappa shape index (κ3) is 1.88. The molecule has 0 bridgehead atoms. The molecule has 0 nitrogen and oxygen atoms in total. The molecule has 0 aliphatic rings. The number of rotatable bonds is 1. The lowest BCUT2D eigenvalue weighted by Crippen LogP contribution is -1.66. The smallest absolute Gasteiger partial charge is 0.0375 e. The van der Waals surface area contributed by atoms with Gasteiger partial charge >= 0.3 is 0 Å². The lowest BCUT2D eigenvalue weighted by molar-refractivity contribution is 1.42. The van der Waals surface area contributed by atoms with Crippen LogP contribution in [0.15, 0.2) is 33.6 Å². The summed E-state index contributed by atoms with van der Waals surface area (Å²) in [6.45, 7) is 0. The first kappa shape index (κ1) is 7.45. The third-order valence-corrected chi connectivity index (χ3v) is 2.89. The number of halogens is 2. The molecule has 0 heterocycles. The van der Waals surface area contributed by atoms with Crippen molar-refractivity contribution < 1.29 is 0 Å². The van der Waals surface area contributed by atoms with Crippen molar-refractivity contribution in [1.29, 1.82) is 0 Å². The Morgan fingerprint density at radius 2 is 2.00 bits per heavy atom. The van der Waals surface area contributed by atoms with Crippen molar-refractivity contribution in [3.8, 4) is 0 Å². The lowest BCUT2D eigenvalue weighted by atomic mass is 10.4. The highest BCUT2D eigenvalue weighted by molar-refractivity contribution is 9.10. The van der Waals surface area contributed by atoms with Gasteiger partial charge in [-0.05, 0) is 49.7 Å². The molecular weight excluding hydrogens is 219 g/mol. The molecule has 48 valence electrons. The Labute approximate surface area is 71.2 Å². The summed E-state index contributed by atoms with van der Waals surface area (Å²) in [7, 11) is 6.74. The average molecular weight is 224 g/mol. The quantitative estimate of drug-likeness (QED) is 0.700. The predicted octanol–water partition coefficient (Wildman–Crippen LogP) is 3.70. The van der Waals surface area contributed by atoms with Gasteiger partial charge in [0.15, 0.2) is 0 Å². The van der Waals surface area contributed by atoms with Crippen molar-refractivity contribution in [3.63, 3.8) is 0 Å². The van der Waals surface area contributed by atoms with E-state index in [9.17, 15) is 0 Å². The first-order valence-electron chi connectivity index (χ1n) is 2.37. The molecule has 0 unspecified atom stereocenters. The lowest BCUT2D eigenvalue weighted by Gasteiger charge is -1.94. The fourth-order valence-electron chi connectivity index (χ4n) is 0.507. The van der Waals surface area contributed by atoms with E-state index >= 15 is 0 Å². The SMILES string of the molecule is ClSc1ccccc1Br. The van der Waals surface area contributed by atoms with Gasteiger partial charge in [0.05, 0.1) is 0 Å². The molecule has 9 heavy (non-hydrogen) atoms. The second-order valence-corrected chi connectivity index (χ2v) is 3.42. The van der Waals surface area contributed by atoms with Crippen molar-refractivity contribution in [2.75, 3.05) is 0 Å². The van der Waals surface area contributed by atoms with E-state index in [2.05, 4.69) is 15.9 Å². The highest BCUT2D eigenvalue weighted by atomic mass is 79.9. The van der Waals surface area contributed by atoms with Crippen LogP contribution in [0.5, 0.6) is 0 Å². The maximum atomic E-state index is 5.52. The van der Waals surface area contributed by atoms with E-state index < -0.39 is 0 Å². The molecule has 0 radical (unpaired) electrons. The van der Waals surface area contributed by atoms with Gasteiger partial charge in [-0.3, -0.25) is 0 Å². The molecule has 0 amide bonds. The summed E-state index contributed by atoms with van der Waals surface area (Å²) >= 11 is 3.35. The van der Waals surface area contributed by atoms with E-state index in [1.165, 1.54) is 11.0 Å². The van der Waals surface area contributed by atoms with Crippen molar-refractivity contribution in [2.24, 2.45) is 0 Å². The van der Waals surface area contributed by atoms with Gasteiger partial charge in [0.2, 0.25) is 0 Å². The molecule has 3 heteroatoms. The zero-order valence-electron chi connectivity index (χ0n) is 4.47. The van der Waals surface area contributed by atoms with Crippen LogP contribution < -0.4 is 0 Å². The van der Waals surface area contributed by atoms with Crippen LogP contribution in [0.3, 0.4) is 0 Å². The molecule has 1 aromatic carbocycles. The van der Waals surface area contributed by atoms with Crippen molar-refractivity contribution in [3.05, 3.63) is 28.7 Å². The van der Waals surface area contributed by atoms with Gasteiger partial charge in [0, 0.05) is 9.37 Å². The minimum absolute atomic E-state index is 1.05. The Morgan fingerprint density at radius 3 is 2.44 bits per heavy atom. The van der Waals surface area contributed by atoms with Gasteiger partial charge in [-0.15, -0.1) is 0 Å². The van der Waals surface area contributed by atoms with Crippen LogP contribution in [0, 0.1) is 0 Å². The van der Waals surface area contributed by atoms with Crippen molar-refractivity contribution in [1.82, 2.24) is 0 Å². The molecule has 0 aliphatic heterocycles. The summed E-state index contributed by atoms with van der Waals surface area (Å²) in [6.07, 6.45) is 0. The number of hydrogen-bond acceptors (Lipinski definition) is 1. The van der Waals surface area contributed by atoms with Crippen LogP contribution >= 0.6 is 37.6 Å². The second-order valence-electron chi connectivity index (χ2n) is 1.51. The van der Waals surface area contributed by atoms with E-state index in [-0.39, 0.29) is 0 Å². The second kappa shape index (κ2) is 3.49. The molecule has 0 aliphatic carbocycles. The summed E-state index contributed by atoms with van der Waals surface area (Å²) in [5.74, 6) is 0. The summed E-state index contributed by atoms with van der Waals surface area (Å²) < 4.78 is 1.05. The monoisotopic (exact) mass is 222 g/mol. The largest absolute Gasteiger partial charge is 0.0611 e. The Balaban J connectivity index is 3.01. The van der Waals surface area contributed by atoms with Crippen LogP contribution in [0.2, 0.25) is 0 Å². The molecule has 0 saturated heterocycles. The molecule has 0 spiro atoms. The minimum atomic E-state index is 1.05. The van der Waals surface area contributed by atoms with Gasteiger partial charge in [-0.25, -0.2) is 0 Å². The van der Waals surface area contributed by atoms with E-state index in [0.717, 1.165) is 9.37 Å². The molecule has 0 N–H and O–H groups in total. The van der Waals surface area contributed by atoms with Gasteiger partial charge in [0.1, 0.15) is 0 Å². The van der Waals surface area contributed by atoms with Crippen LogP contribution in [0.25, 0.3) is 0 Å². The highest BCUT2D eigenvalue weighted by Gasteiger charge is 1.93. The summed E-state index contributed by atoms with van der Waals surface area (Å²) in [5, 5.41) is 0. The Kier molecular flexibility index (Phi) is 2.89. The first-order valence-corrected chi connectivity index (χ1v) is 4.81. The van der Waals surface area contributed by atoms with E-state index in [1.54, 1.807) is 0 Å². The van der Waals surface area contributed by atoms with Gasteiger partial charge in [-0.2, -0.15) is 0 Å². The third-order valence-electron chi connectivity index (χ3n) is 0.920. The maximum Gasteiger partial charge on any atom is 0.0375 e. The summed E-state index contributed by atoms with van der Waals surface area (Å²) in [4.78, 5) is 1.05.